The van der Waals surface area contributed by atoms with E-state index in [-0.39, 0.29) is 13.6 Å². The van der Waals surface area contributed by atoms with Gasteiger partial charge in [0.25, 0.3) is 0 Å². The highest BCUT2D eigenvalue weighted by Gasteiger charge is 2.25. The quantitative estimate of drug-likeness (QED) is 0.299. The molecular formula is C32H34N2O4. The second kappa shape index (κ2) is 11.3. The van der Waals surface area contributed by atoms with Gasteiger partial charge in [-0.2, -0.15) is 0 Å². The Morgan fingerprint density at radius 1 is 0.789 bits per heavy atom. The fourth-order valence-electron chi connectivity index (χ4n) is 5.51. The molecule has 1 unspecified atom stereocenters. The van der Waals surface area contributed by atoms with Crippen LogP contribution in [-0.4, -0.2) is 31.2 Å². The molecular weight excluding hydrogens is 476 g/mol. The zero-order valence-electron chi connectivity index (χ0n) is 21.9. The molecule has 3 aromatic carbocycles. The summed E-state index contributed by atoms with van der Waals surface area (Å²) in [5.74, 6) is 3.68. The van der Waals surface area contributed by atoms with Gasteiger partial charge in [0, 0.05) is 31.4 Å². The lowest BCUT2D eigenvalue weighted by Crippen LogP contribution is -2.31. The van der Waals surface area contributed by atoms with Crippen LogP contribution in [0.4, 0.5) is 0 Å². The number of hydrogen-bond donors (Lipinski definition) is 0. The van der Waals surface area contributed by atoms with Crippen LogP contribution in [0.15, 0.2) is 77.3 Å². The van der Waals surface area contributed by atoms with Crippen molar-refractivity contribution in [3.63, 3.8) is 0 Å². The van der Waals surface area contributed by atoms with Gasteiger partial charge in [0.05, 0.1) is 5.70 Å². The molecule has 0 N–H and O–H groups in total. The minimum atomic E-state index is 0.287. The third-order valence-corrected chi connectivity index (χ3v) is 7.42. The molecule has 0 aromatic heterocycles. The first kappa shape index (κ1) is 24.6. The molecule has 196 valence electrons. The highest BCUT2D eigenvalue weighted by Crippen LogP contribution is 2.37. The Kier molecular flexibility index (Phi) is 7.31. The molecule has 0 saturated heterocycles. The second-order valence-electron chi connectivity index (χ2n) is 10.1. The molecule has 0 amide bonds. The molecule has 0 aliphatic carbocycles. The Labute approximate surface area is 224 Å². The van der Waals surface area contributed by atoms with Gasteiger partial charge in [-0.3, -0.25) is 9.89 Å². The molecule has 0 bridgehead atoms. The van der Waals surface area contributed by atoms with Crippen LogP contribution in [-0.2, 0) is 13.1 Å². The van der Waals surface area contributed by atoms with E-state index in [1.54, 1.807) is 0 Å². The van der Waals surface area contributed by atoms with Crippen molar-refractivity contribution in [3.8, 4) is 23.0 Å². The van der Waals surface area contributed by atoms with Crippen LogP contribution in [0.5, 0.6) is 23.0 Å². The van der Waals surface area contributed by atoms with Crippen molar-refractivity contribution in [2.45, 2.75) is 45.7 Å². The predicted molar refractivity (Wildman–Crippen MR) is 149 cm³/mol. The zero-order chi connectivity index (χ0) is 25.7. The Balaban J connectivity index is 1.29. The van der Waals surface area contributed by atoms with Crippen molar-refractivity contribution < 1.29 is 18.9 Å². The summed E-state index contributed by atoms with van der Waals surface area (Å²) < 4.78 is 22.4. The van der Waals surface area contributed by atoms with E-state index in [4.69, 9.17) is 23.9 Å². The molecule has 6 nitrogen and oxygen atoms in total. The fraction of sp³-hybridized carbons (Fsp3) is 0.344. The first-order valence-electron chi connectivity index (χ1n) is 13.6. The summed E-state index contributed by atoms with van der Waals surface area (Å²) >= 11 is 0. The number of ether oxygens (including phenoxy) is 4. The molecule has 0 saturated carbocycles. The van der Waals surface area contributed by atoms with Crippen molar-refractivity contribution in [1.29, 1.82) is 0 Å². The van der Waals surface area contributed by atoms with Crippen LogP contribution in [0, 0.1) is 5.92 Å². The molecule has 6 heteroatoms. The van der Waals surface area contributed by atoms with E-state index >= 15 is 0 Å². The van der Waals surface area contributed by atoms with E-state index in [2.05, 4.69) is 72.6 Å². The highest BCUT2D eigenvalue weighted by atomic mass is 16.7. The molecule has 3 aliphatic rings. The lowest BCUT2D eigenvalue weighted by Gasteiger charge is -2.31. The van der Waals surface area contributed by atoms with Gasteiger partial charge in [0.15, 0.2) is 23.0 Å². The molecule has 1 atom stereocenters. The minimum Gasteiger partial charge on any atom is -0.454 e. The second-order valence-corrected chi connectivity index (χ2v) is 10.1. The summed E-state index contributed by atoms with van der Waals surface area (Å²) in [7, 11) is 0. The summed E-state index contributed by atoms with van der Waals surface area (Å²) in [5, 5.41) is 0. The normalized spacial score (nSPS) is 17.5. The number of fused-ring (bicyclic) bond motifs is 2. The molecule has 0 fully saturated rings. The van der Waals surface area contributed by atoms with Gasteiger partial charge in [-0.15, -0.1) is 0 Å². The predicted octanol–water partition coefficient (Wildman–Crippen LogP) is 6.84. The average Bonchev–Trinajstić information content (AvgIpc) is 3.61. The zero-order valence-corrected chi connectivity index (χ0v) is 21.9. The van der Waals surface area contributed by atoms with E-state index in [1.807, 2.05) is 12.1 Å². The topological polar surface area (TPSA) is 52.5 Å². The van der Waals surface area contributed by atoms with Crippen LogP contribution >= 0.6 is 0 Å². The summed E-state index contributed by atoms with van der Waals surface area (Å²) in [6, 6.07) is 23.2. The fourth-order valence-corrected chi connectivity index (χ4v) is 5.51. The van der Waals surface area contributed by atoms with Crippen molar-refractivity contribution >= 4 is 11.9 Å². The number of unbranched alkanes of at least 4 members (excludes halogenated alkanes) is 1. The van der Waals surface area contributed by atoms with Gasteiger partial charge in [0.1, 0.15) is 0 Å². The lowest BCUT2D eigenvalue weighted by molar-refractivity contribution is 0.173. The van der Waals surface area contributed by atoms with Gasteiger partial charge < -0.3 is 18.9 Å². The smallest absolute Gasteiger partial charge is 0.231 e. The summed E-state index contributed by atoms with van der Waals surface area (Å²) in [4.78, 5) is 7.45. The van der Waals surface area contributed by atoms with Gasteiger partial charge in [-0.25, -0.2) is 0 Å². The Morgan fingerprint density at radius 2 is 1.42 bits per heavy atom. The monoisotopic (exact) mass is 510 g/mol. The Bertz CT molecular complexity index is 1280. The number of aliphatic imine (C=N–C) groups is 1. The van der Waals surface area contributed by atoms with Crippen LogP contribution in [0.25, 0.3) is 5.70 Å². The minimum absolute atomic E-state index is 0.287. The molecule has 0 spiro atoms. The van der Waals surface area contributed by atoms with Gasteiger partial charge >= 0.3 is 0 Å². The molecule has 3 aliphatic heterocycles. The van der Waals surface area contributed by atoms with Crippen LogP contribution in [0.3, 0.4) is 0 Å². The first-order valence-corrected chi connectivity index (χ1v) is 13.6. The lowest BCUT2D eigenvalue weighted by atomic mass is 9.86. The van der Waals surface area contributed by atoms with Crippen molar-refractivity contribution in [2.24, 2.45) is 10.9 Å². The molecule has 3 aromatic rings. The van der Waals surface area contributed by atoms with Crippen molar-refractivity contribution in [3.05, 3.63) is 89.0 Å². The van der Waals surface area contributed by atoms with Crippen LogP contribution < -0.4 is 18.9 Å². The van der Waals surface area contributed by atoms with E-state index in [0.29, 0.717) is 5.92 Å². The Hall–Kier alpha value is -3.77. The maximum Gasteiger partial charge on any atom is 0.231 e. The Morgan fingerprint density at radius 3 is 2.05 bits per heavy atom. The maximum absolute atomic E-state index is 5.67. The molecule has 6 rings (SSSR count). The van der Waals surface area contributed by atoms with Crippen molar-refractivity contribution in [2.75, 3.05) is 20.1 Å². The van der Waals surface area contributed by atoms with E-state index in [0.717, 1.165) is 61.2 Å². The molecule has 3 heterocycles. The third kappa shape index (κ3) is 5.41. The van der Waals surface area contributed by atoms with Crippen molar-refractivity contribution in [1.82, 2.24) is 4.90 Å². The summed E-state index contributed by atoms with van der Waals surface area (Å²) in [6.45, 7) is 5.38. The third-order valence-electron chi connectivity index (χ3n) is 7.42. The standard InChI is InChI=1S/C32H34N2O4/c1-2-3-9-27-26(14-15-33-32(27)25-7-5-4-6-8-25)20-34(18-23-10-12-28-30(16-23)37-21-35-28)19-24-11-13-29-31(17-24)38-22-36-29/h4-8,10-13,15-17,26H,2-3,9,14,18-22H2,1H3. The molecule has 0 radical (unpaired) electrons. The number of rotatable bonds is 10. The summed E-state index contributed by atoms with van der Waals surface area (Å²) in [5.41, 5.74) is 6.25. The summed E-state index contributed by atoms with van der Waals surface area (Å²) in [6.07, 6.45) is 6.47. The van der Waals surface area contributed by atoms with E-state index < -0.39 is 0 Å². The van der Waals surface area contributed by atoms with Gasteiger partial charge in [-0.1, -0.05) is 55.8 Å². The highest BCUT2D eigenvalue weighted by molar-refractivity contribution is 5.79. The van der Waals surface area contributed by atoms with E-state index in [1.165, 1.54) is 35.1 Å². The van der Waals surface area contributed by atoms with Crippen LogP contribution in [0.2, 0.25) is 0 Å². The number of hydrogen-bond acceptors (Lipinski definition) is 6. The van der Waals surface area contributed by atoms with Gasteiger partial charge in [0.2, 0.25) is 13.6 Å². The number of benzene rings is 3. The van der Waals surface area contributed by atoms with E-state index in [9.17, 15) is 0 Å². The molecule has 38 heavy (non-hydrogen) atoms. The van der Waals surface area contributed by atoms with Crippen LogP contribution in [0.1, 0.15) is 49.3 Å². The maximum atomic E-state index is 5.67. The largest absolute Gasteiger partial charge is 0.454 e. The SMILES string of the molecule is CCCCC1=C(c2ccccc2)N=CCC1CN(Cc1ccc2c(c1)OCO2)Cc1ccc2c(c1)OCO2. The number of nitrogens with zero attached hydrogens (tertiary/aromatic N) is 2. The average molecular weight is 511 g/mol. The van der Waals surface area contributed by atoms with Gasteiger partial charge in [-0.05, 0) is 66.1 Å². The first-order chi connectivity index (χ1) is 18.8.